The number of hydrazone groups is 1. The molecular formula is C17H12N4O5. The molecule has 9 heteroatoms. The highest BCUT2D eigenvalue weighted by molar-refractivity contribution is 6.03. The van der Waals surface area contributed by atoms with Gasteiger partial charge in [-0.1, -0.05) is 6.07 Å². The molecule has 0 aromatic heterocycles. The first kappa shape index (κ1) is 16.8. The molecule has 3 aromatic rings. The number of hydrogen-bond donors (Lipinski definition) is 2. The smallest absolute Gasteiger partial charge is 0.270 e. The average Bonchev–Trinajstić information content (AvgIpc) is 2.63. The van der Waals surface area contributed by atoms with Crippen molar-refractivity contribution in [2.24, 2.45) is 5.10 Å². The van der Waals surface area contributed by atoms with Gasteiger partial charge in [0.15, 0.2) is 0 Å². The number of rotatable bonds is 5. The number of non-ortho nitro benzene ring substituents is 2. The lowest BCUT2D eigenvalue weighted by atomic mass is 10.0. The van der Waals surface area contributed by atoms with Crippen LogP contribution in [0.5, 0.6) is 5.75 Å². The lowest BCUT2D eigenvalue weighted by Gasteiger charge is -2.05. The summed E-state index contributed by atoms with van der Waals surface area (Å²) in [7, 11) is 0. The Morgan fingerprint density at radius 3 is 2.23 bits per heavy atom. The van der Waals surface area contributed by atoms with Crippen LogP contribution in [0.25, 0.3) is 10.8 Å². The molecule has 0 aliphatic carbocycles. The van der Waals surface area contributed by atoms with Gasteiger partial charge in [0.2, 0.25) is 0 Å². The highest BCUT2D eigenvalue weighted by Crippen LogP contribution is 2.28. The van der Waals surface area contributed by atoms with E-state index in [-0.39, 0.29) is 17.1 Å². The van der Waals surface area contributed by atoms with E-state index in [9.17, 15) is 25.3 Å². The lowest BCUT2D eigenvalue weighted by molar-refractivity contribution is -0.385. The van der Waals surface area contributed by atoms with Crippen LogP contribution in [0.2, 0.25) is 0 Å². The van der Waals surface area contributed by atoms with E-state index in [4.69, 9.17) is 0 Å². The normalized spacial score (nSPS) is 10.9. The van der Waals surface area contributed by atoms with Crippen molar-refractivity contribution in [2.45, 2.75) is 0 Å². The fourth-order valence-corrected chi connectivity index (χ4v) is 2.41. The summed E-state index contributed by atoms with van der Waals surface area (Å²) >= 11 is 0. The molecule has 0 heterocycles. The summed E-state index contributed by atoms with van der Waals surface area (Å²) in [6.07, 6.45) is 1.38. The van der Waals surface area contributed by atoms with Crippen LogP contribution in [0.4, 0.5) is 17.1 Å². The highest BCUT2D eigenvalue weighted by atomic mass is 16.6. The molecule has 3 aromatic carbocycles. The minimum absolute atomic E-state index is 0.0272. The fourth-order valence-electron chi connectivity index (χ4n) is 2.41. The zero-order valence-corrected chi connectivity index (χ0v) is 13.2. The van der Waals surface area contributed by atoms with Gasteiger partial charge in [-0.2, -0.15) is 5.10 Å². The summed E-state index contributed by atoms with van der Waals surface area (Å²) in [4.78, 5) is 20.5. The van der Waals surface area contributed by atoms with E-state index in [1.54, 1.807) is 12.1 Å². The van der Waals surface area contributed by atoms with Crippen molar-refractivity contribution >= 4 is 34.0 Å². The topological polar surface area (TPSA) is 131 Å². The molecule has 130 valence electrons. The number of nitro benzene ring substituents is 2. The summed E-state index contributed by atoms with van der Waals surface area (Å²) in [6.45, 7) is 0. The maximum Gasteiger partial charge on any atom is 0.270 e. The molecule has 2 N–H and O–H groups in total. The molecule has 0 unspecified atom stereocenters. The van der Waals surface area contributed by atoms with E-state index in [2.05, 4.69) is 10.5 Å². The molecular weight excluding hydrogens is 340 g/mol. The third-order valence-electron chi connectivity index (χ3n) is 3.70. The van der Waals surface area contributed by atoms with Gasteiger partial charge < -0.3 is 5.11 Å². The number of phenols is 1. The molecule has 0 saturated carbocycles. The van der Waals surface area contributed by atoms with Gasteiger partial charge in [-0.25, -0.2) is 0 Å². The molecule has 0 aliphatic rings. The van der Waals surface area contributed by atoms with Crippen molar-refractivity contribution in [3.63, 3.8) is 0 Å². The number of anilines is 1. The molecule has 0 aliphatic heterocycles. The van der Waals surface area contributed by atoms with E-state index < -0.39 is 9.85 Å². The predicted octanol–water partition coefficient (Wildman–Crippen LogP) is 3.81. The van der Waals surface area contributed by atoms with Gasteiger partial charge in [0, 0.05) is 29.8 Å². The molecule has 0 amide bonds. The minimum atomic E-state index is -0.500. The summed E-state index contributed by atoms with van der Waals surface area (Å²) in [5, 5.41) is 36.8. The van der Waals surface area contributed by atoms with Gasteiger partial charge >= 0.3 is 0 Å². The third kappa shape index (κ3) is 3.41. The Balaban J connectivity index is 1.87. The van der Waals surface area contributed by atoms with Gasteiger partial charge in [-0.15, -0.1) is 0 Å². The highest BCUT2D eigenvalue weighted by Gasteiger charge is 2.10. The molecule has 0 radical (unpaired) electrons. The Morgan fingerprint density at radius 1 is 0.923 bits per heavy atom. The van der Waals surface area contributed by atoms with Crippen molar-refractivity contribution < 1.29 is 15.0 Å². The first-order valence-electron chi connectivity index (χ1n) is 7.39. The quantitative estimate of drug-likeness (QED) is 0.408. The number of nitro groups is 2. The summed E-state index contributed by atoms with van der Waals surface area (Å²) in [6, 6.07) is 13.0. The second kappa shape index (κ2) is 6.85. The van der Waals surface area contributed by atoms with E-state index in [0.29, 0.717) is 22.0 Å². The van der Waals surface area contributed by atoms with E-state index in [0.717, 1.165) is 0 Å². The van der Waals surface area contributed by atoms with Crippen LogP contribution in [0.3, 0.4) is 0 Å². The first-order chi connectivity index (χ1) is 12.5. The van der Waals surface area contributed by atoms with Crippen molar-refractivity contribution in [1.29, 1.82) is 0 Å². The Bertz CT molecular complexity index is 1030. The van der Waals surface area contributed by atoms with Gasteiger partial charge in [-0.05, 0) is 35.0 Å². The predicted molar refractivity (Wildman–Crippen MR) is 96.6 cm³/mol. The number of aromatic hydroxyl groups is 1. The molecule has 9 nitrogen and oxygen atoms in total. The van der Waals surface area contributed by atoms with Crippen molar-refractivity contribution in [3.05, 3.63) is 80.4 Å². The number of benzene rings is 3. The Morgan fingerprint density at radius 2 is 1.58 bits per heavy atom. The molecule has 0 fully saturated rings. The Labute approximate surface area is 146 Å². The van der Waals surface area contributed by atoms with Crippen LogP contribution in [0, 0.1) is 20.2 Å². The minimum Gasteiger partial charge on any atom is -0.507 e. The van der Waals surface area contributed by atoms with Crippen molar-refractivity contribution in [2.75, 3.05) is 5.43 Å². The van der Waals surface area contributed by atoms with E-state index in [1.807, 2.05) is 0 Å². The molecule has 0 bridgehead atoms. The lowest BCUT2D eigenvalue weighted by Crippen LogP contribution is -1.94. The maximum absolute atomic E-state index is 10.9. The van der Waals surface area contributed by atoms with Crippen LogP contribution < -0.4 is 5.43 Å². The Hall–Kier alpha value is -4.01. The van der Waals surface area contributed by atoms with E-state index >= 15 is 0 Å². The van der Waals surface area contributed by atoms with Gasteiger partial charge in [0.25, 0.3) is 11.4 Å². The summed E-state index contributed by atoms with van der Waals surface area (Å²) < 4.78 is 0. The summed E-state index contributed by atoms with van der Waals surface area (Å²) in [5.74, 6) is -0.0272. The number of phenolic OH excluding ortho intramolecular Hbond substituents is 1. The van der Waals surface area contributed by atoms with Crippen molar-refractivity contribution in [3.8, 4) is 5.75 Å². The van der Waals surface area contributed by atoms with Crippen molar-refractivity contribution in [1.82, 2.24) is 0 Å². The number of hydrogen-bond acceptors (Lipinski definition) is 7. The largest absolute Gasteiger partial charge is 0.507 e. The van der Waals surface area contributed by atoms with Crippen LogP contribution in [-0.2, 0) is 0 Å². The van der Waals surface area contributed by atoms with Gasteiger partial charge in [-0.3, -0.25) is 25.7 Å². The standard InChI is InChI=1S/C17H12N4O5/c22-17-8-1-11-9-14(21(25)26)6-7-15(11)16(17)10-18-19-12-2-4-13(5-3-12)20(23)24/h1-10,19,22H. The van der Waals surface area contributed by atoms with Crippen LogP contribution in [-0.4, -0.2) is 21.2 Å². The first-order valence-corrected chi connectivity index (χ1v) is 7.39. The fraction of sp³-hybridized carbons (Fsp3) is 0. The molecule has 26 heavy (non-hydrogen) atoms. The third-order valence-corrected chi connectivity index (χ3v) is 3.70. The number of fused-ring (bicyclic) bond motifs is 1. The summed E-state index contributed by atoms with van der Waals surface area (Å²) in [5.41, 5.74) is 3.55. The second-order valence-electron chi connectivity index (χ2n) is 5.33. The van der Waals surface area contributed by atoms with Crippen LogP contribution in [0.1, 0.15) is 5.56 Å². The molecule has 0 spiro atoms. The monoisotopic (exact) mass is 352 g/mol. The van der Waals surface area contributed by atoms with Crippen LogP contribution in [0.15, 0.2) is 59.7 Å². The zero-order chi connectivity index (χ0) is 18.7. The number of nitrogens with zero attached hydrogens (tertiary/aromatic N) is 3. The SMILES string of the molecule is O=[N+]([O-])c1ccc(NN=Cc2c(O)ccc3cc([N+](=O)[O-])ccc23)cc1. The van der Waals surface area contributed by atoms with Gasteiger partial charge in [0.1, 0.15) is 5.75 Å². The van der Waals surface area contributed by atoms with Crippen LogP contribution >= 0.6 is 0 Å². The van der Waals surface area contributed by atoms with Gasteiger partial charge in [0.05, 0.1) is 21.7 Å². The zero-order valence-electron chi connectivity index (χ0n) is 13.2. The maximum atomic E-state index is 10.9. The molecule has 0 saturated heterocycles. The average molecular weight is 352 g/mol. The number of nitrogens with one attached hydrogen (secondary N) is 1. The Kier molecular flexibility index (Phi) is 4.44. The molecule has 3 rings (SSSR count). The second-order valence-corrected chi connectivity index (χ2v) is 5.33. The van der Waals surface area contributed by atoms with E-state index in [1.165, 1.54) is 48.7 Å². The molecule has 0 atom stereocenters.